The summed E-state index contributed by atoms with van der Waals surface area (Å²) in [6, 6.07) is -0.560. The molecule has 0 bridgehead atoms. The number of sulfonamides is 1. The number of nitrogens with zero attached hydrogens (tertiary/aromatic N) is 1. The number of Topliss-reactive ketones (excluding diaryl/α,β-unsaturated/α-hetero) is 1. The number of hydrogen-bond acceptors (Lipinski definition) is 3. The molecular weight excluding hydrogens is 250 g/mol. The van der Waals surface area contributed by atoms with Crippen LogP contribution >= 0.6 is 0 Å². The minimum atomic E-state index is -3.35. The van der Waals surface area contributed by atoms with E-state index in [0.29, 0.717) is 12.8 Å². The standard InChI is InChI=1S/C13H27NO3S/c1-8-13(4,5)12(15)11(9-10(2)3)14(6)18(7,16)17/h10-11H,8-9H2,1-7H3/t11-/m1/s1. The predicted octanol–water partition coefficient (Wildman–Crippen LogP) is 2.30. The lowest BCUT2D eigenvalue weighted by Crippen LogP contribution is -2.47. The first-order valence-corrected chi connectivity index (χ1v) is 8.25. The Morgan fingerprint density at radius 2 is 1.72 bits per heavy atom. The molecule has 0 aliphatic heterocycles. The molecule has 18 heavy (non-hydrogen) atoms. The Balaban J connectivity index is 5.32. The van der Waals surface area contributed by atoms with Crippen molar-refractivity contribution in [2.24, 2.45) is 11.3 Å². The van der Waals surface area contributed by atoms with Crippen LogP contribution in [0.5, 0.6) is 0 Å². The van der Waals surface area contributed by atoms with Gasteiger partial charge in [-0.2, -0.15) is 4.31 Å². The summed E-state index contributed by atoms with van der Waals surface area (Å²) in [5.41, 5.74) is -0.488. The maximum absolute atomic E-state index is 12.5. The van der Waals surface area contributed by atoms with Gasteiger partial charge >= 0.3 is 0 Å². The van der Waals surface area contributed by atoms with E-state index in [2.05, 4.69) is 0 Å². The molecule has 0 radical (unpaired) electrons. The van der Waals surface area contributed by atoms with E-state index >= 15 is 0 Å². The van der Waals surface area contributed by atoms with Crippen molar-refractivity contribution < 1.29 is 13.2 Å². The third kappa shape index (κ3) is 4.69. The summed E-state index contributed by atoms with van der Waals surface area (Å²) in [5.74, 6) is 0.280. The Morgan fingerprint density at radius 1 is 1.28 bits per heavy atom. The van der Waals surface area contributed by atoms with Gasteiger partial charge in [-0.05, 0) is 18.8 Å². The number of ketones is 1. The maximum Gasteiger partial charge on any atom is 0.211 e. The Hall–Kier alpha value is -0.420. The van der Waals surface area contributed by atoms with E-state index in [9.17, 15) is 13.2 Å². The lowest BCUT2D eigenvalue weighted by atomic mass is 9.80. The van der Waals surface area contributed by atoms with Crippen molar-refractivity contribution in [3.8, 4) is 0 Å². The highest BCUT2D eigenvalue weighted by Crippen LogP contribution is 2.27. The third-order valence-electron chi connectivity index (χ3n) is 3.51. The fraction of sp³-hybridized carbons (Fsp3) is 0.923. The topological polar surface area (TPSA) is 54.5 Å². The molecule has 0 aliphatic rings. The first-order valence-electron chi connectivity index (χ1n) is 6.40. The van der Waals surface area contributed by atoms with Crippen LogP contribution in [0.15, 0.2) is 0 Å². The number of rotatable bonds is 7. The SMILES string of the molecule is CCC(C)(C)C(=O)[C@@H](CC(C)C)N(C)S(C)(=O)=O. The highest BCUT2D eigenvalue weighted by molar-refractivity contribution is 7.88. The van der Waals surface area contributed by atoms with Gasteiger partial charge in [-0.3, -0.25) is 4.79 Å². The number of hydrogen-bond donors (Lipinski definition) is 0. The third-order valence-corrected chi connectivity index (χ3v) is 4.81. The Morgan fingerprint density at radius 3 is 2.00 bits per heavy atom. The summed E-state index contributed by atoms with van der Waals surface area (Å²) in [6.45, 7) is 9.69. The van der Waals surface area contributed by atoms with Gasteiger partial charge in [-0.25, -0.2) is 8.42 Å². The molecule has 0 aromatic carbocycles. The zero-order chi connectivity index (χ0) is 14.7. The Labute approximate surface area is 112 Å². The van der Waals surface area contributed by atoms with Gasteiger partial charge < -0.3 is 0 Å². The van der Waals surface area contributed by atoms with Crippen LogP contribution in [0.25, 0.3) is 0 Å². The lowest BCUT2D eigenvalue weighted by molar-refractivity contribution is -0.131. The maximum atomic E-state index is 12.5. The monoisotopic (exact) mass is 277 g/mol. The van der Waals surface area contributed by atoms with Crippen LogP contribution in [0.4, 0.5) is 0 Å². The second-order valence-electron chi connectivity index (χ2n) is 6.03. The normalized spacial score (nSPS) is 15.2. The van der Waals surface area contributed by atoms with Crippen molar-refractivity contribution in [2.45, 2.75) is 53.5 Å². The first kappa shape index (κ1) is 17.6. The molecule has 0 rings (SSSR count). The molecule has 0 fully saturated rings. The smallest absolute Gasteiger partial charge is 0.211 e. The Bertz CT molecular complexity index is 385. The Kier molecular flexibility index (Phi) is 6.01. The van der Waals surface area contributed by atoms with Gasteiger partial charge in [0, 0.05) is 12.5 Å². The summed E-state index contributed by atoms with van der Waals surface area (Å²) in [7, 11) is -1.86. The minimum Gasteiger partial charge on any atom is -0.297 e. The van der Waals surface area contributed by atoms with Gasteiger partial charge in [0.25, 0.3) is 0 Å². The predicted molar refractivity (Wildman–Crippen MR) is 74.9 cm³/mol. The van der Waals surface area contributed by atoms with Crippen molar-refractivity contribution in [2.75, 3.05) is 13.3 Å². The van der Waals surface area contributed by atoms with E-state index in [1.165, 1.54) is 11.4 Å². The van der Waals surface area contributed by atoms with E-state index in [-0.39, 0.29) is 11.7 Å². The molecule has 0 heterocycles. The van der Waals surface area contributed by atoms with E-state index in [0.717, 1.165) is 6.26 Å². The largest absolute Gasteiger partial charge is 0.297 e. The highest BCUT2D eigenvalue weighted by Gasteiger charge is 2.37. The average Bonchev–Trinajstić information content (AvgIpc) is 2.22. The zero-order valence-electron chi connectivity index (χ0n) is 12.6. The van der Waals surface area contributed by atoms with E-state index in [4.69, 9.17) is 0 Å². The fourth-order valence-corrected chi connectivity index (χ4v) is 2.37. The summed E-state index contributed by atoms with van der Waals surface area (Å²) >= 11 is 0. The van der Waals surface area contributed by atoms with Gasteiger partial charge in [-0.1, -0.05) is 34.6 Å². The molecule has 0 aliphatic carbocycles. The van der Waals surface area contributed by atoms with Gasteiger partial charge in [0.2, 0.25) is 10.0 Å². The molecule has 0 aromatic rings. The zero-order valence-corrected chi connectivity index (χ0v) is 13.5. The van der Waals surface area contributed by atoms with E-state index in [1.807, 2.05) is 34.6 Å². The number of carbonyl (C=O) groups excluding carboxylic acids is 1. The van der Waals surface area contributed by atoms with Crippen molar-refractivity contribution >= 4 is 15.8 Å². The van der Waals surface area contributed by atoms with Crippen LogP contribution < -0.4 is 0 Å². The molecule has 1 atom stereocenters. The van der Waals surface area contributed by atoms with Crippen LogP contribution in [0.2, 0.25) is 0 Å². The summed E-state index contributed by atoms with van der Waals surface area (Å²) in [5, 5.41) is 0. The molecule has 0 unspecified atom stereocenters. The molecule has 0 amide bonds. The first-order chi connectivity index (χ1) is 7.93. The molecule has 4 nitrogen and oxygen atoms in total. The fourth-order valence-electron chi connectivity index (χ4n) is 1.72. The van der Waals surface area contributed by atoms with Crippen LogP contribution in [0, 0.1) is 11.3 Å². The van der Waals surface area contributed by atoms with Gasteiger partial charge in [0.1, 0.15) is 0 Å². The molecule has 0 saturated carbocycles. The van der Waals surface area contributed by atoms with Gasteiger partial charge in [-0.15, -0.1) is 0 Å². The minimum absolute atomic E-state index is 0.00613. The van der Waals surface area contributed by atoms with Crippen LogP contribution in [0.3, 0.4) is 0 Å². The van der Waals surface area contributed by atoms with E-state index in [1.54, 1.807) is 0 Å². The van der Waals surface area contributed by atoms with E-state index < -0.39 is 21.5 Å². The van der Waals surface area contributed by atoms with Crippen molar-refractivity contribution in [1.29, 1.82) is 0 Å². The van der Waals surface area contributed by atoms with Crippen LogP contribution in [-0.2, 0) is 14.8 Å². The van der Waals surface area contributed by atoms with Crippen molar-refractivity contribution in [3.05, 3.63) is 0 Å². The molecule has 0 aromatic heterocycles. The molecular formula is C13H27NO3S. The molecule has 108 valence electrons. The van der Waals surface area contributed by atoms with Crippen molar-refractivity contribution in [1.82, 2.24) is 4.31 Å². The molecule has 5 heteroatoms. The molecule has 0 saturated heterocycles. The second kappa shape index (κ2) is 6.15. The van der Waals surface area contributed by atoms with Gasteiger partial charge in [0.05, 0.1) is 12.3 Å². The molecule has 0 spiro atoms. The second-order valence-corrected chi connectivity index (χ2v) is 8.07. The van der Waals surface area contributed by atoms with Crippen LogP contribution in [0.1, 0.15) is 47.5 Å². The summed E-state index contributed by atoms with van der Waals surface area (Å²) in [6.07, 6.45) is 2.41. The number of likely N-dealkylation sites (N-methyl/N-ethyl adjacent to an activating group) is 1. The highest BCUT2D eigenvalue weighted by atomic mass is 32.2. The lowest BCUT2D eigenvalue weighted by Gasteiger charge is -2.32. The molecule has 0 N–H and O–H groups in total. The average molecular weight is 277 g/mol. The number of carbonyl (C=O) groups is 1. The summed E-state index contributed by atoms with van der Waals surface area (Å²) < 4.78 is 24.5. The van der Waals surface area contributed by atoms with Gasteiger partial charge in [0.15, 0.2) is 5.78 Å². The summed E-state index contributed by atoms with van der Waals surface area (Å²) in [4.78, 5) is 12.5. The quantitative estimate of drug-likeness (QED) is 0.717. The van der Waals surface area contributed by atoms with Crippen LogP contribution in [-0.4, -0.2) is 37.9 Å². The van der Waals surface area contributed by atoms with Crippen molar-refractivity contribution in [3.63, 3.8) is 0 Å².